The SMILES string of the molecule is O=c1[nH]c(NN=C[C@@H]2CC=CCC2)nnc1-c1ccccc1. The van der Waals surface area contributed by atoms with E-state index < -0.39 is 0 Å². The number of aromatic amines is 1. The topological polar surface area (TPSA) is 83.0 Å². The molecule has 0 aliphatic heterocycles. The second kappa shape index (κ2) is 6.80. The van der Waals surface area contributed by atoms with Crippen molar-refractivity contribution in [3.63, 3.8) is 0 Å². The van der Waals surface area contributed by atoms with Crippen molar-refractivity contribution in [3.05, 3.63) is 52.8 Å². The number of aromatic nitrogens is 3. The van der Waals surface area contributed by atoms with Crippen molar-refractivity contribution in [1.29, 1.82) is 0 Å². The van der Waals surface area contributed by atoms with E-state index in [0.717, 1.165) is 24.8 Å². The molecule has 0 bridgehead atoms. The van der Waals surface area contributed by atoms with Gasteiger partial charge in [-0.3, -0.25) is 9.78 Å². The van der Waals surface area contributed by atoms with Crippen molar-refractivity contribution in [2.45, 2.75) is 19.3 Å². The van der Waals surface area contributed by atoms with Gasteiger partial charge in [0.15, 0.2) is 5.69 Å². The Morgan fingerprint density at radius 3 is 2.82 bits per heavy atom. The first-order valence-corrected chi connectivity index (χ1v) is 7.29. The number of anilines is 1. The minimum atomic E-state index is -0.292. The van der Waals surface area contributed by atoms with Crippen molar-refractivity contribution in [2.24, 2.45) is 11.0 Å². The maximum absolute atomic E-state index is 12.0. The molecular formula is C16H17N5O. The van der Waals surface area contributed by atoms with Crippen LogP contribution in [0, 0.1) is 5.92 Å². The van der Waals surface area contributed by atoms with Gasteiger partial charge in [0.2, 0.25) is 5.95 Å². The zero-order valence-electron chi connectivity index (χ0n) is 12.1. The van der Waals surface area contributed by atoms with Crippen LogP contribution in [0.25, 0.3) is 11.3 Å². The Bertz CT molecular complexity index is 736. The van der Waals surface area contributed by atoms with Gasteiger partial charge in [0.25, 0.3) is 5.56 Å². The third-order valence-corrected chi connectivity index (χ3v) is 3.51. The van der Waals surface area contributed by atoms with Gasteiger partial charge in [0, 0.05) is 11.8 Å². The lowest BCUT2D eigenvalue weighted by Gasteiger charge is -2.11. The van der Waals surface area contributed by atoms with E-state index in [4.69, 9.17) is 0 Å². The molecule has 1 atom stereocenters. The number of benzene rings is 1. The standard InChI is InChI=1S/C16H17N5O/c22-15-14(13-9-5-2-6-10-13)19-21-16(18-15)20-17-11-12-7-3-1-4-8-12/h1-3,5-6,9-12H,4,7-8H2,(H2,18,20,21,22)/t12-/m1/s1. The van der Waals surface area contributed by atoms with Gasteiger partial charge in [-0.05, 0) is 25.2 Å². The number of hydrazone groups is 1. The molecule has 1 aliphatic rings. The van der Waals surface area contributed by atoms with Crippen LogP contribution < -0.4 is 11.0 Å². The molecule has 0 saturated heterocycles. The quantitative estimate of drug-likeness (QED) is 0.516. The highest BCUT2D eigenvalue weighted by atomic mass is 16.1. The molecule has 0 radical (unpaired) electrons. The minimum absolute atomic E-state index is 0.243. The lowest BCUT2D eigenvalue weighted by Crippen LogP contribution is -2.15. The Hall–Kier alpha value is -2.76. The second-order valence-corrected chi connectivity index (χ2v) is 5.15. The van der Waals surface area contributed by atoms with Crippen LogP contribution >= 0.6 is 0 Å². The molecule has 1 aromatic heterocycles. The Kier molecular flexibility index (Phi) is 4.38. The minimum Gasteiger partial charge on any atom is -0.288 e. The largest absolute Gasteiger partial charge is 0.288 e. The van der Waals surface area contributed by atoms with Crippen LogP contribution in [-0.2, 0) is 0 Å². The predicted octanol–water partition coefficient (Wildman–Crippen LogP) is 2.59. The van der Waals surface area contributed by atoms with Crippen LogP contribution in [-0.4, -0.2) is 21.4 Å². The molecule has 1 heterocycles. The van der Waals surface area contributed by atoms with Crippen LogP contribution in [0.1, 0.15) is 19.3 Å². The summed E-state index contributed by atoms with van der Waals surface area (Å²) in [4.78, 5) is 14.7. The van der Waals surface area contributed by atoms with Crippen molar-refractivity contribution < 1.29 is 0 Å². The maximum atomic E-state index is 12.0. The molecule has 3 rings (SSSR count). The third kappa shape index (κ3) is 3.46. The van der Waals surface area contributed by atoms with Crippen LogP contribution in [0.3, 0.4) is 0 Å². The molecule has 2 N–H and O–H groups in total. The molecule has 0 spiro atoms. The zero-order valence-corrected chi connectivity index (χ0v) is 12.1. The molecule has 6 heteroatoms. The average Bonchev–Trinajstić information content (AvgIpc) is 2.57. The summed E-state index contributed by atoms with van der Waals surface area (Å²) in [5.74, 6) is 0.674. The molecular weight excluding hydrogens is 278 g/mol. The van der Waals surface area contributed by atoms with Crippen molar-refractivity contribution in [2.75, 3.05) is 5.43 Å². The molecule has 0 saturated carbocycles. The highest BCUT2D eigenvalue weighted by Gasteiger charge is 2.08. The number of H-pyrrole nitrogens is 1. The number of rotatable bonds is 4. The first-order valence-electron chi connectivity index (χ1n) is 7.29. The zero-order chi connectivity index (χ0) is 15.2. The highest BCUT2D eigenvalue weighted by Crippen LogP contribution is 2.15. The molecule has 0 unspecified atom stereocenters. The van der Waals surface area contributed by atoms with Gasteiger partial charge in [0.05, 0.1) is 0 Å². The summed E-state index contributed by atoms with van der Waals surface area (Å²) in [5.41, 5.74) is 3.47. The van der Waals surface area contributed by atoms with Crippen LogP contribution in [0.4, 0.5) is 5.95 Å². The van der Waals surface area contributed by atoms with Crippen LogP contribution in [0.2, 0.25) is 0 Å². The second-order valence-electron chi connectivity index (χ2n) is 5.15. The van der Waals surface area contributed by atoms with Gasteiger partial charge in [-0.2, -0.15) is 5.10 Å². The molecule has 6 nitrogen and oxygen atoms in total. The molecule has 2 aromatic rings. The summed E-state index contributed by atoms with van der Waals surface area (Å²) >= 11 is 0. The fraction of sp³-hybridized carbons (Fsp3) is 0.250. The molecule has 1 aromatic carbocycles. The van der Waals surface area contributed by atoms with E-state index in [-0.39, 0.29) is 11.5 Å². The van der Waals surface area contributed by atoms with E-state index in [2.05, 4.69) is 37.9 Å². The number of hydrogen-bond donors (Lipinski definition) is 2. The Morgan fingerprint density at radius 2 is 2.09 bits per heavy atom. The van der Waals surface area contributed by atoms with Gasteiger partial charge in [-0.15, -0.1) is 10.2 Å². The van der Waals surface area contributed by atoms with E-state index in [0.29, 0.717) is 11.6 Å². The average molecular weight is 295 g/mol. The number of nitrogens with zero attached hydrogens (tertiary/aromatic N) is 3. The van der Waals surface area contributed by atoms with E-state index in [9.17, 15) is 4.79 Å². The Morgan fingerprint density at radius 1 is 1.23 bits per heavy atom. The number of allylic oxidation sites excluding steroid dienone is 2. The predicted molar refractivity (Wildman–Crippen MR) is 86.7 cm³/mol. The lowest BCUT2D eigenvalue weighted by molar-refractivity contribution is 0.627. The van der Waals surface area contributed by atoms with Crippen LogP contribution in [0.15, 0.2) is 52.4 Å². The summed E-state index contributed by atoms with van der Waals surface area (Å²) in [6.07, 6.45) is 9.38. The van der Waals surface area contributed by atoms with Gasteiger partial charge in [0.1, 0.15) is 0 Å². The Labute approximate surface area is 128 Å². The van der Waals surface area contributed by atoms with E-state index in [1.807, 2.05) is 36.5 Å². The van der Waals surface area contributed by atoms with E-state index in [1.54, 1.807) is 0 Å². The monoisotopic (exact) mass is 295 g/mol. The van der Waals surface area contributed by atoms with Gasteiger partial charge in [-0.25, -0.2) is 5.43 Å². The van der Waals surface area contributed by atoms with Gasteiger partial charge in [-0.1, -0.05) is 42.5 Å². The smallest absolute Gasteiger partial charge is 0.279 e. The molecule has 0 fully saturated rings. The van der Waals surface area contributed by atoms with Gasteiger partial charge < -0.3 is 0 Å². The fourth-order valence-electron chi connectivity index (χ4n) is 2.33. The third-order valence-electron chi connectivity index (χ3n) is 3.51. The first-order chi connectivity index (χ1) is 10.8. The Balaban J connectivity index is 1.68. The van der Waals surface area contributed by atoms with Crippen molar-refractivity contribution in [3.8, 4) is 11.3 Å². The molecule has 1 aliphatic carbocycles. The van der Waals surface area contributed by atoms with E-state index in [1.165, 1.54) is 0 Å². The fourth-order valence-corrected chi connectivity index (χ4v) is 2.33. The van der Waals surface area contributed by atoms with Gasteiger partial charge >= 0.3 is 0 Å². The first kappa shape index (κ1) is 14.2. The summed E-state index contributed by atoms with van der Waals surface area (Å²) in [6, 6.07) is 9.23. The summed E-state index contributed by atoms with van der Waals surface area (Å²) in [6.45, 7) is 0. The normalized spacial score (nSPS) is 17.7. The summed E-state index contributed by atoms with van der Waals surface area (Å²) < 4.78 is 0. The summed E-state index contributed by atoms with van der Waals surface area (Å²) in [7, 11) is 0. The maximum Gasteiger partial charge on any atom is 0.279 e. The van der Waals surface area contributed by atoms with Crippen molar-refractivity contribution >= 4 is 12.2 Å². The van der Waals surface area contributed by atoms with E-state index >= 15 is 0 Å². The van der Waals surface area contributed by atoms with Crippen molar-refractivity contribution in [1.82, 2.24) is 15.2 Å². The molecule has 112 valence electrons. The van der Waals surface area contributed by atoms with Crippen LogP contribution in [0.5, 0.6) is 0 Å². The number of hydrogen-bond acceptors (Lipinski definition) is 5. The number of nitrogens with one attached hydrogen (secondary N) is 2. The lowest BCUT2D eigenvalue weighted by atomic mass is 9.96. The highest BCUT2D eigenvalue weighted by molar-refractivity contribution is 5.62. The molecule has 22 heavy (non-hydrogen) atoms. The summed E-state index contributed by atoms with van der Waals surface area (Å²) in [5, 5.41) is 12.1. The molecule has 0 amide bonds.